The van der Waals surface area contributed by atoms with E-state index in [1.165, 1.54) is 11.1 Å². The third kappa shape index (κ3) is 6.23. The maximum absolute atomic E-state index is 12.3. The van der Waals surface area contributed by atoms with Gasteiger partial charge in [-0.05, 0) is 61.4 Å². The lowest BCUT2D eigenvalue weighted by Gasteiger charge is -2.34. The van der Waals surface area contributed by atoms with E-state index in [4.69, 9.17) is 16.3 Å². The van der Waals surface area contributed by atoms with Gasteiger partial charge in [-0.3, -0.25) is 14.6 Å². The van der Waals surface area contributed by atoms with Crippen LogP contribution in [0.4, 0.5) is 5.69 Å². The molecule has 2 aromatic carbocycles. The third-order valence-electron chi connectivity index (χ3n) is 5.11. The maximum Gasteiger partial charge on any atom is 0.238 e. The van der Waals surface area contributed by atoms with Crippen LogP contribution in [0.25, 0.3) is 0 Å². The number of anilines is 1. The topological polar surface area (TPSA) is 44.8 Å². The lowest BCUT2D eigenvalue weighted by atomic mass is 10.1. The monoisotopic (exact) mass is 401 g/mol. The molecule has 1 aliphatic heterocycles. The van der Waals surface area contributed by atoms with Crippen molar-refractivity contribution < 1.29 is 9.53 Å². The molecule has 1 heterocycles. The van der Waals surface area contributed by atoms with Gasteiger partial charge in [0, 0.05) is 43.4 Å². The van der Waals surface area contributed by atoms with E-state index in [-0.39, 0.29) is 5.91 Å². The van der Waals surface area contributed by atoms with Crippen LogP contribution in [-0.4, -0.2) is 61.6 Å². The molecule has 0 unspecified atom stereocenters. The number of carbonyl (C=O) groups is 1. The molecular formula is C22H28ClN3O2. The zero-order valence-corrected chi connectivity index (χ0v) is 17.3. The Morgan fingerprint density at radius 3 is 2.36 bits per heavy atom. The van der Waals surface area contributed by atoms with Crippen molar-refractivity contribution in [2.75, 3.05) is 51.2 Å². The smallest absolute Gasteiger partial charge is 0.238 e. The number of piperazine rings is 1. The van der Waals surface area contributed by atoms with Crippen LogP contribution in [-0.2, 0) is 4.79 Å². The predicted molar refractivity (Wildman–Crippen MR) is 114 cm³/mol. The second-order valence-electron chi connectivity index (χ2n) is 7.27. The SMILES string of the molecule is Cc1ccc(NC(=O)CN2CCN(CCOc3ccc(Cl)cc3)CC2)cc1C. The predicted octanol–water partition coefficient (Wildman–Crippen LogP) is 3.59. The van der Waals surface area contributed by atoms with Crippen LogP contribution in [0.1, 0.15) is 11.1 Å². The van der Waals surface area contributed by atoms with Crippen LogP contribution in [0, 0.1) is 13.8 Å². The van der Waals surface area contributed by atoms with E-state index in [0.717, 1.165) is 44.2 Å². The van der Waals surface area contributed by atoms with Gasteiger partial charge in [0.2, 0.25) is 5.91 Å². The summed E-state index contributed by atoms with van der Waals surface area (Å²) in [6, 6.07) is 13.4. The number of hydrogen-bond donors (Lipinski definition) is 1. The number of benzene rings is 2. The Bertz CT molecular complexity index is 787. The van der Waals surface area contributed by atoms with Crippen molar-refractivity contribution in [1.29, 1.82) is 0 Å². The van der Waals surface area contributed by atoms with Crippen LogP contribution < -0.4 is 10.1 Å². The lowest BCUT2D eigenvalue weighted by molar-refractivity contribution is -0.117. The summed E-state index contributed by atoms with van der Waals surface area (Å²) in [5.41, 5.74) is 3.28. The second kappa shape index (κ2) is 9.92. The molecule has 0 saturated carbocycles. The molecule has 0 bridgehead atoms. The molecular weight excluding hydrogens is 374 g/mol. The Hall–Kier alpha value is -2.08. The fourth-order valence-electron chi connectivity index (χ4n) is 3.22. The van der Waals surface area contributed by atoms with Crippen molar-refractivity contribution in [2.24, 2.45) is 0 Å². The number of rotatable bonds is 7. The van der Waals surface area contributed by atoms with Gasteiger partial charge >= 0.3 is 0 Å². The highest BCUT2D eigenvalue weighted by atomic mass is 35.5. The molecule has 1 saturated heterocycles. The average molecular weight is 402 g/mol. The Labute approximate surface area is 172 Å². The summed E-state index contributed by atoms with van der Waals surface area (Å²) in [4.78, 5) is 16.9. The lowest BCUT2D eigenvalue weighted by Crippen LogP contribution is -2.49. The number of amides is 1. The van der Waals surface area contributed by atoms with Gasteiger partial charge in [0.1, 0.15) is 12.4 Å². The van der Waals surface area contributed by atoms with E-state index in [1.54, 1.807) is 0 Å². The van der Waals surface area contributed by atoms with E-state index in [2.05, 4.69) is 29.0 Å². The summed E-state index contributed by atoms with van der Waals surface area (Å²) >= 11 is 5.88. The normalized spacial score (nSPS) is 15.4. The van der Waals surface area contributed by atoms with Crippen molar-refractivity contribution in [3.05, 3.63) is 58.6 Å². The fourth-order valence-corrected chi connectivity index (χ4v) is 3.34. The highest BCUT2D eigenvalue weighted by Crippen LogP contribution is 2.16. The maximum atomic E-state index is 12.3. The fraction of sp³-hybridized carbons (Fsp3) is 0.409. The van der Waals surface area contributed by atoms with E-state index in [0.29, 0.717) is 18.2 Å². The number of ether oxygens (including phenoxy) is 1. The molecule has 0 aromatic heterocycles. The van der Waals surface area contributed by atoms with Crippen molar-refractivity contribution in [3.63, 3.8) is 0 Å². The standard InChI is InChI=1S/C22H28ClN3O2/c1-17-3-6-20(15-18(17)2)24-22(27)16-26-11-9-25(10-12-26)13-14-28-21-7-4-19(23)5-8-21/h3-8,15H,9-14,16H2,1-2H3,(H,24,27). The number of halogens is 1. The molecule has 0 atom stereocenters. The first kappa shape index (κ1) is 20.6. The average Bonchev–Trinajstić information content (AvgIpc) is 2.68. The molecule has 1 fully saturated rings. The molecule has 1 amide bonds. The van der Waals surface area contributed by atoms with E-state index >= 15 is 0 Å². The van der Waals surface area contributed by atoms with Crippen molar-refractivity contribution in [1.82, 2.24) is 9.80 Å². The highest BCUT2D eigenvalue weighted by Gasteiger charge is 2.19. The number of aryl methyl sites for hydroxylation is 2. The number of nitrogens with one attached hydrogen (secondary N) is 1. The Morgan fingerprint density at radius 1 is 1.00 bits per heavy atom. The van der Waals surface area contributed by atoms with E-state index in [9.17, 15) is 4.79 Å². The van der Waals surface area contributed by atoms with Crippen LogP contribution in [0.3, 0.4) is 0 Å². The summed E-state index contributed by atoms with van der Waals surface area (Å²) in [5, 5.41) is 3.71. The molecule has 1 N–H and O–H groups in total. The molecule has 5 nitrogen and oxygen atoms in total. The summed E-state index contributed by atoms with van der Waals surface area (Å²) in [5.74, 6) is 0.883. The van der Waals surface area contributed by atoms with Crippen molar-refractivity contribution in [3.8, 4) is 5.75 Å². The third-order valence-corrected chi connectivity index (χ3v) is 5.36. The molecule has 0 spiro atoms. The molecule has 0 radical (unpaired) electrons. The quantitative estimate of drug-likeness (QED) is 0.770. The van der Waals surface area contributed by atoms with Crippen molar-refractivity contribution >= 4 is 23.2 Å². The largest absolute Gasteiger partial charge is 0.492 e. The Balaban J connectivity index is 1.34. The minimum absolute atomic E-state index is 0.0442. The molecule has 0 aliphatic carbocycles. The van der Waals surface area contributed by atoms with Gasteiger partial charge in [0.15, 0.2) is 0 Å². The Morgan fingerprint density at radius 2 is 1.68 bits per heavy atom. The number of carbonyl (C=O) groups excluding carboxylic acids is 1. The molecule has 3 rings (SSSR count). The Kier molecular flexibility index (Phi) is 7.31. The van der Waals surface area contributed by atoms with Gasteiger partial charge in [-0.1, -0.05) is 17.7 Å². The first-order chi connectivity index (χ1) is 13.5. The number of hydrogen-bond acceptors (Lipinski definition) is 4. The molecule has 1 aliphatic rings. The minimum atomic E-state index is 0.0442. The van der Waals surface area contributed by atoms with E-state index < -0.39 is 0 Å². The molecule has 2 aromatic rings. The van der Waals surface area contributed by atoms with Gasteiger partial charge in [-0.15, -0.1) is 0 Å². The van der Waals surface area contributed by atoms with Crippen LogP contribution >= 0.6 is 11.6 Å². The van der Waals surface area contributed by atoms with Gasteiger partial charge in [-0.2, -0.15) is 0 Å². The highest BCUT2D eigenvalue weighted by molar-refractivity contribution is 6.30. The molecule has 6 heteroatoms. The second-order valence-corrected chi connectivity index (χ2v) is 7.70. The molecule has 28 heavy (non-hydrogen) atoms. The van der Waals surface area contributed by atoms with Gasteiger partial charge in [0.25, 0.3) is 0 Å². The number of nitrogens with zero attached hydrogens (tertiary/aromatic N) is 2. The van der Waals surface area contributed by atoms with Crippen LogP contribution in [0.5, 0.6) is 5.75 Å². The van der Waals surface area contributed by atoms with Crippen LogP contribution in [0.2, 0.25) is 5.02 Å². The van der Waals surface area contributed by atoms with Gasteiger partial charge in [-0.25, -0.2) is 0 Å². The first-order valence-corrected chi connectivity index (χ1v) is 10.1. The summed E-state index contributed by atoms with van der Waals surface area (Å²) in [6.07, 6.45) is 0. The first-order valence-electron chi connectivity index (χ1n) is 9.70. The zero-order chi connectivity index (χ0) is 19.9. The summed E-state index contributed by atoms with van der Waals surface area (Å²) in [7, 11) is 0. The van der Waals surface area contributed by atoms with Gasteiger partial charge < -0.3 is 10.1 Å². The minimum Gasteiger partial charge on any atom is -0.492 e. The molecule has 150 valence electrons. The van der Waals surface area contributed by atoms with Crippen molar-refractivity contribution in [2.45, 2.75) is 13.8 Å². The van der Waals surface area contributed by atoms with E-state index in [1.807, 2.05) is 42.5 Å². The summed E-state index contributed by atoms with van der Waals surface area (Å²) < 4.78 is 5.76. The van der Waals surface area contributed by atoms with Gasteiger partial charge in [0.05, 0.1) is 6.54 Å². The summed E-state index contributed by atoms with van der Waals surface area (Å²) in [6.45, 7) is 9.76. The van der Waals surface area contributed by atoms with Crippen LogP contribution in [0.15, 0.2) is 42.5 Å². The zero-order valence-electron chi connectivity index (χ0n) is 16.6.